The Balaban J connectivity index is 0. The van der Waals surface area contributed by atoms with Crippen LogP contribution in [0.1, 0.15) is 12.8 Å². The van der Waals surface area contributed by atoms with Crippen LogP contribution in [0.4, 0.5) is 0 Å². The molecular weight excluding hydrogens is 193 g/mol. The van der Waals surface area contributed by atoms with Crippen molar-refractivity contribution in [3.05, 3.63) is 0 Å². The SMILES string of the molecule is COC(C=O)(CCCN(C)C)OC.[NaH]. The summed E-state index contributed by atoms with van der Waals surface area (Å²) >= 11 is 0. The minimum absolute atomic E-state index is 0. The average Bonchev–Trinajstić information content (AvgIpc) is 2.13. The van der Waals surface area contributed by atoms with Gasteiger partial charge in [-0.2, -0.15) is 0 Å². The molecule has 0 saturated carbocycles. The van der Waals surface area contributed by atoms with Crippen LogP contribution in [0, 0.1) is 0 Å². The fourth-order valence-electron chi connectivity index (χ4n) is 1.08. The zero-order chi connectivity index (χ0) is 10.3. The second-order valence-electron chi connectivity index (χ2n) is 3.24. The average molecular weight is 213 g/mol. The molecule has 0 aromatic heterocycles. The van der Waals surface area contributed by atoms with Gasteiger partial charge in [0.2, 0.25) is 5.79 Å². The molecule has 0 aliphatic rings. The third-order valence-corrected chi connectivity index (χ3v) is 2.00. The topological polar surface area (TPSA) is 38.8 Å². The van der Waals surface area contributed by atoms with Gasteiger partial charge in [-0.05, 0) is 27.1 Å². The van der Waals surface area contributed by atoms with E-state index in [2.05, 4.69) is 4.90 Å². The third-order valence-electron chi connectivity index (χ3n) is 2.00. The van der Waals surface area contributed by atoms with E-state index in [1.165, 1.54) is 14.2 Å². The molecule has 0 rings (SSSR count). The molecule has 0 bridgehead atoms. The number of ether oxygens (including phenoxy) is 2. The summed E-state index contributed by atoms with van der Waals surface area (Å²) in [6.45, 7) is 0.919. The molecule has 0 aromatic rings. The van der Waals surface area contributed by atoms with Gasteiger partial charge in [-0.25, -0.2) is 0 Å². The van der Waals surface area contributed by atoms with Crippen molar-refractivity contribution in [2.45, 2.75) is 18.6 Å². The Morgan fingerprint density at radius 2 is 1.79 bits per heavy atom. The molecule has 0 amide bonds. The summed E-state index contributed by atoms with van der Waals surface area (Å²) in [5.74, 6) is -1.05. The van der Waals surface area contributed by atoms with Gasteiger partial charge >= 0.3 is 29.6 Å². The van der Waals surface area contributed by atoms with Crippen LogP contribution in [0.2, 0.25) is 0 Å². The molecular formula is C9H20NNaO3. The van der Waals surface area contributed by atoms with E-state index in [9.17, 15) is 4.79 Å². The Labute approximate surface area is 108 Å². The Hall–Kier alpha value is 0.550. The minimum atomic E-state index is -1.05. The summed E-state index contributed by atoms with van der Waals surface area (Å²) in [6.07, 6.45) is 2.16. The number of carbonyl (C=O) groups excluding carboxylic acids is 1. The molecule has 0 N–H and O–H groups in total. The number of hydrogen-bond acceptors (Lipinski definition) is 4. The van der Waals surface area contributed by atoms with Crippen molar-refractivity contribution >= 4 is 35.8 Å². The molecule has 0 spiro atoms. The fraction of sp³-hybridized carbons (Fsp3) is 0.889. The maximum atomic E-state index is 10.7. The van der Waals surface area contributed by atoms with Gasteiger partial charge in [0.15, 0.2) is 6.29 Å². The molecule has 0 aliphatic heterocycles. The molecule has 0 unspecified atom stereocenters. The standard InChI is InChI=1S/C9H19NO3.Na.H/c1-10(2)7-5-6-9(8-11,12-3)13-4;;/h8H,5-7H2,1-4H3;;. The second kappa shape index (κ2) is 8.83. The van der Waals surface area contributed by atoms with Gasteiger partial charge in [-0.15, -0.1) is 0 Å². The van der Waals surface area contributed by atoms with Crippen molar-refractivity contribution in [1.29, 1.82) is 0 Å². The van der Waals surface area contributed by atoms with Crippen LogP contribution in [0.5, 0.6) is 0 Å². The van der Waals surface area contributed by atoms with Gasteiger partial charge in [-0.1, -0.05) is 0 Å². The van der Waals surface area contributed by atoms with Crippen molar-refractivity contribution in [2.75, 3.05) is 34.9 Å². The van der Waals surface area contributed by atoms with Gasteiger partial charge in [-0.3, -0.25) is 4.79 Å². The van der Waals surface area contributed by atoms with Crippen LogP contribution in [0.3, 0.4) is 0 Å². The van der Waals surface area contributed by atoms with Crippen molar-refractivity contribution in [3.63, 3.8) is 0 Å². The number of rotatable bonds is 7. The predicted octanol–water partition coefficient (Wildman–Crippen LogP) is -0.132. The summed E-state index contributed by atoms with van der Waals surface area (Å²) in [4.78, 5) is 12.8. The van der Waals surface area contributed by atoms with E-state index in [4.69, 9.17) is 9.47 Å². The Kier molecular flexibility index (Phi) is 10.7. The van der Waals surface area contributed by atoms with Crippen LogP contribution in [-0.4, -0.2) is 81.4 Å². The zero-order valence-electron chi connectivity index (χ0n) is 8.87. The quantitative estimate of drug-likeness (QED) is 0.335. The summed E-state index contributed by atoms with van der Waals surface area (Å²) in [7, 11) is 6.94. The van der Waals surface area contributed by atoms with E-state index in [0.717, 1.165) is 13.0 Å². The molecule has 0 atom stereocenters. The monoisotopic (exact) mass is 213 g/mol. The normalized spacial score (nSPS) is 11.2. The molecule has 0 fully saturated rings. The number of methoxy groups -OCH3 is 2. The first-order valence-electron chi connectivity index (χ1n) is 4.31. The Morgan fingerprint density at radius 1 is 1.29 bits per heavy atom. The van der Waals surface area contributed by atoms with Crippen LogP contribution in [-0.2, 0) is 14.3 Å². The van der Waals surface area contributed by atoms with E-state index in [0.29, 0.717) is 12.7 Å². The molecule has 14 heavy (non-hydrogen) atoms. The first-order valence-corrected chi connectivity index (χ1v) is 4.31. The fourth-order valence-corrected chi connectivity index (χ4v) is 1.08. The molecule has 0 radical (unpaired) electrons. The zero-order valence-corrected chi connectivity index (χ0v) is 8.87. The molecule has 0 aromatic carbocycles. The number of aldehydes is 1. The van der Waals surface area contributed by atoms with E-state index < -0.39 is 5.79 Å². The Morgan fingerprint density at radius 3 is 2.07 bits per heavy atom. The van der Waals surface area contributed by atoms with Crippen molar-refractivity contribution in [2.24, 2.45) is 0 Å². The number of carbonyl (C=O) groups is 1. The van der Waals surface area contributed by atoms with Crippen molar-refractivity contribution in [1.82, 2.24) is 4.90 Å². The summed E-state index contributed by atoms with van der Waals surface area (Å²) in [5, 5.41) is 0. The predicted molar refractivity (Wildman–Crippen MR) is 57.8 cm³/mol. The van der Waals surface area contributed by atoms with Crippen molar-refractivity contribution < 1.29 is 14.3 Å². The molecule has 80 valence electrons. The van der Waals surface area contributed by atoms with Crippen LogP contribution < -0.4 is 0 Å². The van der Waals surface area contributed by atoms with Gasteiger partial charge in [0, 0.05) is 20.6 Å². The molecule has 0 saturated heterocycles. The van der Waals surface area contributed by atoms with Gasteiger partial charge in [0.05, 0.1) is 0 Å². The molecule has 4 nitrogen and oxygen atoms in total. The third kappa shape index (κ3) is 6.11. The van der Waals surface area contributed by atoms with Gasteiger partial charge < -0.3 is 14.4 Å². The summed E-state index contributed by atoms with van der Waals surface area (Å²) < 4.78 is 10.0. The summed E-state index contributed by atoms with van der Waals surface area (Å²) in [5.41, 5.74) is 0. The molecule has 0 aliphatic carbocycles. The van der Waals surface area contributed by atoms with Crippen LogP contribution >= 0.6 is 0 Å². The van der Waals surface area contributed by atoms with E-state index in [-0.39, 0.29) is 29.6 Å². The maximum absolute atomic E-state index is 10.7. The van der Waals surface area contributed by atoms with Crippen molar-refractivity contribution in [3.8, 4) is 0 Å². The van der Waals surface area contributed by atoms with E-state index in [1.54, 1.807) is 0 Å². The molecule has 5 heteroatoms. The van der Waals surface area contributed by atoms with E-state index >= 15 is 0 Å². The second-order valence-corrected chi connectivity index (χ2v) is 3.24. The number of hydrogen-bond donors (Lipinski definition) is 0. The van der Waals surface area contributed by atoms with Crippen LogP contribution in [0.15, 0.2) is 0 Å². The first kappa shape index (κ1) is 17.0. The first-order chi connectivity index (χ1) is 6.10. The van der Waals surface area contributed by atoms with Gasteiger partial charge in [0.25, 0.3) is 0 Å². The van der Waals surface area contributed by atoms with Crippen LogP contribution in [0.25, 0.3) is 0 Å². The van der Waals surface area contributed by atoms with E-state index in [1.807, 2.05) is 14.1 Å². The summed E-state index contributed by atoms with van der Waals surface area (Å²) in [6, 6.07) is 0. The number of nitrogens with zero attached hydrogens (tertiary/aromatic N) is 1. The molecule has 0 heterocycles. The van der Waals surface area contributed by atoms with Gasteiger partial charge in [0.1, 0.15) is 0 Å². The Bertz CT molecular complexity index is 149.